The van der Waals surface area contributed by atoms with Crippen LogP contribution in [0, 0.1) is 19.8 Å². The lowest BCUT2D eigenvalue weighted by Crippen LogP contribution is -2.55. The van der Waals surface area contributed by atoms with Crippen LogP contribution in [0.25, 0.3) is 0 Å². The molecule has 1 atom stereocenters. The third-order valence-electron chi connectivity index (χ3n) is 9.64. The minimum Gasteiger partial charge on any atom is -0.343 e. The molecule has 41 heavy (non-hydrogen) atoms. The first kappa shape index (κ1) is 29.5. The number of amides is 1. The Bertz CT molecular complexity index is 1240. The van der Waals surface area contributed by atoms with Crippen molar-refractivity contribution in [2.24, 2.45) is 5.92 Å². The second-order valence-electron chi connectivity index (χ2n) is 13.2. The first-order chi connectivity index (χ1) is 19.7. The molecule has 2 fully saturated rings. The molecule has 0 radical (unpaired) electrons. The summed E-state index contributed by atoms with van der Waals surface area (Å²) < 4.78 is 0. The number of carbonyl (C=O) groups excluding carboxylic acids is 1. The Hall–Kier alpha value is -2.95. The van der Waals surface area contributed by atoms with Gasteiger partial charge in [-0.3, -0.25) is 14.6 Å². The second-order valence-corrected chi connectivity index (χ2v) is 13.2. The zero-order valence-corrected chi connectivity index (χ0v) is 25.9. The van der Waals surface area contributed by atoms with Crippen molar-refractivity contribution in [2.75, 3.05) is 39.3 Å². The lowest BCUT2D eigenvalue weighted by molar-refractivity contribution is -0.133. The van der Waals surface area contributed by atoms with Gasteiger partial charge in [-0.1, -0.05) is 78.9 Å². The van der Waals surface area contributed by atoms with Crippen LogP contribution < -0.4 is 0 Å². The van der Waals surface area contributed by atoms with E-state index in [0.29, 0.717) is 18.4 Å². The molecule has 3 aromatic rings. The van der Waals surface area contributed by atoms with E-state index in [1.54, 1.807) is 0 Å². The highest BCUT2D eigenvalue weighted by molar-refractivity contribution is 5.78. The molecule has 5 rings (SSSR count). The number of hydrogen-bond acceptors (Lipinski definition) is 3. The maximum atomic E-state index is 13.9. The van der Waals surface area contributed by atoms with Crippen molar-refractivity contribution in [3.8, 4) is 0 Å². The van der Waals surface area contributed by atoms with Gasteiger partial charge in [0.2, 0.25) is 5.91 Å². The molecule has 4 nitrogen and oxygen atoms in total. The van der Waals surface area contributed by atoms with Crippen LogP contribution in [0.3, 0.4) is 0 Å². The fourth-order valence-corrected chi connectivity index (χ4v) is 7.21. The fraction of sp³-hybridized carbons (Fsp3) is 0.486. The zero-order valence-electron chi connectivity index (χ0n) is 25.9. The van der Waals surface area contributed by atoms with Gasteiger partial charge in [0.15, 0.2) is 0 Å². The Morgan fingerprint density at radius 1 is 0.732 bits per heavy atom. The Kier molecular flexibility index (Phi) is 9.31. The molecule has 0 saturated carbocycles. The molecule has 2 aliphatic rings. The molecule has 0 aliphatic carbocycles. The molecule has 3 aromatic carbocycles. The average Bonchev–Trinajstić information content (AvgIpc) is 2.98. The second kappa shape index (κ2) is 12.9. The van der Waals surface area contributed by atoms with Crippen LogP contribution in [0.2, 0.25) is 0 Å². The molecule has 0 bridgehead atoms. The van der Waals surface area contributed by atoms with Gasteiger partial charge >= 0.3 is 0 Å². The Labute approximate surface area is 248 Å². The zero-order chi connectivity index (χ0) is 29.0. The standard InChI is InChI=1S/C37H49N3O/c1-28-13-9-11-17-32(28)34(33-18-12-10-14-29(33)2)27-35(41)38-21-19-31(20-22-38)36(30-15-7-6-8-16-30)39-23-25-40(26-24-39)37(3,4)5/h6-18,31,34,36H,19-27H2,1-5H3. The topological polar surface area (TPSA) is 26.8 Å². The summed E-state index contributed by atoms with van der Waals surface area (Å²) in [6, 6.07) is 28.7. The molecule has 2 saturated heterocycles. The highest BCUT2D eigenvalue weighted by atomic mass is 16.2. The number of piperidine rings is 1. The molecule has 0 aromatic heterocycles. The minimum atomic E-state index is 0.0822. The Morgan fingerprint density at radius 2 is 1.24 bits per heavy atom. The van der Waals surface area contributed by atoms with Crippen LogP contribution in [0.15, 0.2) is 78.9 Å². The third kappa shape index (κ3) is 6.93. The van der Waals surface area contributed by atoms with Gasteiger partial charge < -0.3 is 4.90 Å². The number of piperazine rings is 1. The number of rotatable bonds is 7. The molecule has 4 heteroatoms. The molecule has 2 heterocycles. The summed E-state index contributed by atoms with van der Waals surface area (Å²) in [4.78, 5) is 21.4. The molecule has 1 unspecified atom stereocenters. The number of nitrogens with zero attached hydrogens (tertiary/aromatic N) is 3. The molecular weight excluding hydrogens is 502 g/mol. The van der Waals surface area contributed by atoms with Crippen molar-refractivity contribution in [1.29, 1.82) is 0 Å². The predicted octanol–water partition coefficient (Wildman–Crippen LogP) is 7.22. The van der Waals surface area contributed by atoms with Gasteiger partial charge in [-0.25, -0.2) is 0 Å². The summed E-state index contributed by atoms with van der Waals surface area (Å²) in [5.74, 6) is 0.931. The average molecular weight is 552 g/mol. The molecular formula is C37H49N3O. The largest absolute Gasteiger partial charge is 0.343 e. The van der Waals surface area contributed by atoms with E-state index in [-0.39, 0.29) is 17.4 Å². The minimum absolute atomic E-state index is 0.0822. The first-order valence-electron chi connectivity index (χ1n) is 15.6. The number of benzene rings is 3. The van der Waals surface area contributed by atoms with Gasteiger partial charge in [0.1, 0.15) is 0 Å². The van der Waals surface area contributed by atoms with Crippen molar-refractivity contribution in [3.63, 3.8) is 0 Å². The molecule has 0 spiro atoms. The molecule has 2 aliphatic heterocycles. The van der Waals surface area contributed by atoms with Gasteiger partial charge in [-0.15, -0.1) is 0 Å². The van der Waals surface area contributed by atoms with Gasteiger partial charge in [0.05, 0.1) is 0 Å². The quantitative estimate of drug-likeness (QED) is 0.310. The summed E-state index contributed by atoms with van der Waals surface area (Å²) in [6.07, 6.45) is 2.64. The maximum absolute atomic E-state index is 13.9. The highest BCUT2D eigenvalue weighted by Gasteiger charge is 2.36. The van der Waals surface area contributed by atoms with E-state index >= 15 is 0 Å². The van der Waals surface area contributed by atoms with Crippen molar-refractivity contribution in [2.45, 2.75) is 71.4 Å². The maximum Gasteiger partial charge on any atom is 0.223 e. The summed E-state index contributed by atoms with van der Waals surface area (Å²) in [5.41, 5.74) is 6.69. The van der Waals surface area contributed by atoms with Crippen LogP contribution >= 0.6 is 0 Å². The van der Waals surface area contributed by atoms with Gasteiger partial charge in [0, 0.05) is 63.2 Å². The smallest absolute Gasteiger partial charge is 0.223 e. The van der Waals surface area contributed by atoms with E-state index in [0.717, 1.165) is 52.1 Å². The van der Waals surface area contributed by atoms with Crippen molar-refractivity contribution >= 4 is 5.91 Å². The van der Waals surface area contributed by atoms with E-state index in [1.807, 2.05) is 0 Å². The van der Waals surface area contributed by atoms with Crippen LogP contribution in [-0.4, -0.2) is 65.4 Å². The highest BCUT2D eigenvalue weighted by Crippen LogP contribution is 2.38. The van der Waals surface area contributed by atoms with Crippen LogP contribution in [0.4, 0.5) is 0 Å². The Morgan fingerprint density at radius 3 is 1.76 bits per heavy atom. The van der Waals surface area contributed by atoms with Crippen LogP contribution in [-0.2, 0) is 4.79 Å². The number of likely N-dealkylation sites (tertiary alicyclic amines) is 1. The summed E-state index contributed by atoms with van der Waals surface area (Å²) in [5, 5.41) is 0. The van der Waals surface area contributed by atoms with E-state index in [1.165, 1.54) is 27.8 Å². The molecule has 218 valence electrons. The normalized spacial score (nSPS) is 18.5. The van der Waals surface area contributed by atoms with Crippen molar-refractivity contribution in [3.05, 3.63) is 107 Å². The van der Waals surface area contributed by atoms with Crippen LogP contribution in [0.1, 0.15) is 79.8 Å². The lowest BCUT2D eigenvalue weighted by Gasteiger charge is -2.47. The van der Waals surface area contributed by atoms with Gasteiger partial charge in [-0.05, 0) is 81.2 Å². The summed E-state index contributed by atoms with van der Waals surface area (Å²) >= 11 is 0. The van der Waals surface area contributed by atoms with E-state index in [2.05, 4.69) is 128 Å². The van der Waals surface area contributed by atoms with E-state index in [9.17, 15) is 4.79 Å². The summed E-state index contributed by atoms with van der Waals surface area (Å²) in [7, 11) is 0. The fourth-order valence-electron chi connectivity index (χ4n) is 7.21. The van der Waals surface area contributed by atoms with Crippen LogP contribution in [0.5, 0.6) is 0 Å². The first-order valence-corrected chi connectivity index (χ1v) is 15.6. The van der Waals surface area contributed by atoms with E-state index in [4.69, 9.17) is 0 Å². The third-order valence-corrected chi connectivity index (χ3v) is 9.64. The summed E-state index contributed by atoms with van der Waals surface area (Å²) in [6.45, 7) is 17.4. The van der Waals surface area contributed by atoms with Crippen molar-refractivity contribution < 1.29 is 4.79 Å². The van der Waals surface area contributed by atoms with Gasteiger partial charge in [-0.2, -0.15) is 0 Å². The Balaban J connectivity index is 1.29. The monoisotopic (exact) mass is 551 g/mol. The predicted molar refractivity (Wildman–Crippen MR) is 170 cm³/mol. The lowest BCUT2D eigenvalue weighted by atomic mass is 9.82. The number of carbonyl (C=O) groups is 1. The van der Waals surface area contributed by atoms with Crippen molar-refractivity contribution in [1.82, 2.24) is 14.7 Å². The number of hydrogen-bond donors (Lipinski definition) is 0. The van der Waals surface area contributed by atoms with Gasteiger partial charge in [0.25, 0.3) is 0 Å². The van der Waals surface area contributed by atoms with E-state index < -0.39 is 0 Å². The number of aryl methyl sites for hydroxylation is 2. The SMILES string of the molecule is Cc1ccccc1C(CC(=O)N1CCC(C(c2ccccc2)N2CCN(C(C)(C)C)CC2)CC1)c1ccccc1C. The molecule has 0 N–H and O–H groups in total. The molecule has 1 amide bonds.